The Balaban J connectivity index is 2.17. The molecule has 0 radical (unpaired) electrons. The zero-order valence-corrected chi connectivity index (χ0v) is 9.54. The predicted octanol–water partition coefficient (Wildman–Crippen LogP) is 3.17. The molecule has 0 aliphatic heterocycles. The van der Waals surface area contributed by atoms with Crippen molar-refractivity contribution < 1.29 is 9.90 Å². The predicted molar refractivity (Wildman–Crippen MR) is 63.1 cm³/mol. The Hall–Kier alpha value is -1.68. The molecule has 0 saturated heterocycles. The summed E-state index contributed by atoms with van der Waals surface area (Å²) >= 11 is 1.52. The summed E-state index contributed by atoms with van der Waals surface area (Å²) < 4.78 is 0. The Morgan fingerprint density at radius 3 is 2.81 bits per heavy atom. The van der Waals surface area contributed by atoms with Gasteiger partial charge in [0.2, 0.25) is 0 Å². The molecule has 1 aromatic carbocycles. The Morgan fingerprint density at radius 1 is 1.38 bits per heavy atom. The number of hydrogen-bond donors (Lipinski definition) is 2. The van der Waals surface area contributed by atoms with Crippen molar-refractivity contribution in [3.8, 4) is 0 Å². The van der Waals surface area contributed by atoms with E-state index in [-0.39, 0.29) is 5.56 Å². The number of aromatic carboxylic acids is 1. The Morgan fingerprint density at radius 2 is 2.19 bits per heavy atom. The van der Waals surface area contributed by atoms with Crippen LogP contribution in [0.5, 0.6) is 0 Å². The summed E-state index contributed by atoms with van der Waals surface area (Å²) in [7, 11) is 0. The molecule has 0 unspecified atom stereocenters. The van der Waals surface area contributed by atoms with E-state index in [1.165, 1.54) is 23.5 Å². The van der Waals surface area contributed by atoms with Gasteiger partial charge in [-0.05, 0) is 25.1 Å². The van der Waals surface area contributed by atoms with Gasteiger partial charge in [-0.1, -0.05) is 29.5 Å². The van der Waals surface area contributed by atoms with E-state index in [2.05, 4.69) is 11.1 Å². The fourth-order valence-corrected chi connectivity index (χ4v) is 2.31. The topological polar surface area (TPSA) is 53.1 Å². The summed E-state index contributed by atoms with van der Waals surface area (Å²) in [6.07, 6.45) is 1.50. The molecule has 82 valence electrons. The molecule has 4 heteroatoms. The average Bonchev–Trinajstić information content (AvgIpc) is 2.66. The number of carbonyl (C=O) groups is 1. The summed E-state index contributed by atoms with van der Waals surface area (Å²) in [5.41, 5.74) is 1.48. The molecule has 0 saturated carbocycles. The van der Waals surface area contributed by atoms with Gasteiger partial charge in [-0.25, -0.2) is 4.79 Å². The second kappa shape index (κ2) is 4.45. The highest BCUT2D eigenvalue weighted by Gasteiger charge is 2.06. The first kappa shape index (κ1) is 10.8. The lowest BCUT2D eigenvalue weighted by atomic mass is 10.2. The van der Waals surface area contributed by atoms with Crippen molar-refractivity contribution >= 4 is 17.7 Å². The highest BCUT2D eigenvalue weighted by molar-refractivity contribution is 7.99. The molecule has 0 atom stereocenters. The summed E-state index contributed by atoms with van der Waals surface area (Å²) in [6, 6.07) is 9.71. The molecular formula is C12H11NO2S. The zero-order chi connectivity index (χ0) is 11.5. The van der Waals surface area contributed by atoms with Gasteiger partial charge in [-0.3, -0.25) is 0 Å². The van der Waals surface area contributed by atoms with E-state index in [1.54, 1.807) is 6.07 Å². The molecule has 0 fully saturated rings. The third-order valence-corrected chi connectivity index (χ3v) is 3.07. The minimum absolute atomic E-state index is 0.287. The fourth-order valence-electron chi connectivity index (χ4n) is 1.36. The summed E-state index contributed by atoms with van der Waals surface area (Å²) in [5, 5.41) is 9.62. The first-order chi connectivity index (χ1) is 7.65. The lowest BCUT2D eigenvalue weighted by Gasteiger charge is -1.99. The standard InChI is InChI=1S/C12H11NO2S/c1-8-3-2-4-10(5-8)16-11-6-9(7-13-11)12(14)15/h2-7,13H,1H3,(H,14,15). The number of carboxylic acid groups (broad SMARTS) is 1. The van der Waals surface area contributed by atoms with Crippen LogP contribution >= 0.6 is 11.8 Å². The van der Waals surface area contributed by atoms with Gasteiger partial charge in [0.1, 0.15) is 0 Å². The van der Waals surface area contributed by atoms with Crippen molar-refractivity contribution in [2.45, 2.75) is 16.8 Å². The highest BCUT2D eigenvalue weighted by Crippen LogP contribution is 2.27. The number of carboxylic acids is 1. The third kappa shape index (κ3) is 2.46. The van der Waals surface area contributed by atoms with Crippen LogP contribution in [-0.2, 0) is 0 Å². The van der Waals surface area contributed by atoms with Crippen molar-refractivity contribution in [2.75, 3.05) is 0 Å². The van der Waals surface area contributed by atoms with Crippen molar-refractivity contribution in [1.29, 1.82) is 0 Å². The molecule has 0 amide bonds. The molecule has 0 aliphatic carbocycles. The van der Waals surface area contributed by atoms with Crippen LogP contribution in [0.3, 0.4) is 0 Å². The van der Waals surface area contributed by atoms with E-state index in [0.29, 0.717) is 0 Å². The molecule has 0 aliphatic rings. The molecule has 1 aromatic heterocycles. The number of aryl methyl sites for hydroxylation is 1. The van der Waals surface area contributed by atoms with Crippen LogP contribution in [0.25, 0.3) is 0 Å². The number of benzene rings is 1. The number of aromatic nitrogens is 1. The van der Waals surface area contributed by atoms with Gasteiger partial charge in [-0.15, -0.1) is 0 Å². The maximum atomic E-state index is 10.7. The van der Waals surface area contributed by atoms with E-state index < -0.39 is 5.97 Å². The first-order valence-corrected chi connectivity index (χ1v) is 5.63. The van der Waals surface area contributed by atoms with Gasteiger partial charge in [-0.2, -0.15) is 0 Å². The minimum Gasteiger partial charge on any atom is -0.478 e. The Bertz CT molecular complexity index is 519. The van der Waals surface area contributed by atoms with Crippen LogP contribution in [0.2, 0.25) is 0 Å². The number of hydrogen-bond acceptors (Lipinski definition) is 2. The normalized spacial score (nSPS) is 10.3. The molecule has 16 heavy (non-hydrogen) atoms. The van der Waals surface area contributed by atoms with E-state index in [9.17, 15) is 4.79 Å². The second-order valence-electron chi connectivity index (χ2n) is 3.48. The second-order valence-corrected chi connectivity index (χ2v) is 4.59. The van der Waals surface area contributed by atoms with E-state index >= 15 is 0 Å². The molecule has 2 aromatic rings. The molecule has 1 heterocycles. The SMILES string of the molecule is Cc1cccc(Sc2cc(C(=O)O)c[nH]2)c1. The number of nitrogens with one attached hydrogen (secondary N) is 1. The average molecular weight is 233 g/mol. The number of rotatable bonds is 3. The molecule has 0 bridgehead atoms. The number of H-pyrrole nitrogens is 1. The van der Waals surface area contributed by atoms with E-state index in [1.807, 2.05) is 25.1 Å². The molecule has 2 N–H and O–H groups in total. The van der Waals surface area contributed by atoms with Crippen LogP contribution in [0, 0.1) is 6.92 Å². The van der Waals surface area contributed by atoms with Gasteiger partial charge in [0.25, 0.3) is 0 Å². The Labute approximate surface area is 97.5 Å². The van der Waals surface area contributed by atoms with Gasteiger partial charge >= 0.3 is 5.97 Å². The monoisotopic (exact) mass is 233 g/mol. The van der Waals surface area contributed by atoms with Crippen LogP contribution in [-0.4, -0.2) is 16.1 Å². The summed E-state index contributed by atoms with van der Waals surface area (Å²) in [6.45, 7) is 2.03. The molecule has 0 spiro atoms. The maximum absolute atomic E-state index is 10.7. The zero-order valence-electron chi connectivity index (χ0n) is 8.73. The van der Waals surface area contributed by atoms with E-state index in [0.717, 1.165) is 9.92 Å². The largest absolute Gasteiger partial charge is 0.478 e. The Kier molecular flexibility index (Phi) is 3.01. The lowest BCUT2D eigenvalue weighted by molar-refractivity contribution is 0.0697. The quantitative estimate of drug-likeness (QED) is 0.856. The van der Waals surface area contributed by atoms with Crippen LogP contribution in [0.15, 0.2) is 46.5 Å². The smallest absolute Gasteiger partial charge is 0.337 e. The van der Waals surface area contributed by atoms with Crippen molar-refractivity contribution in [1.82, 2.24) is 4.98 Å². The van der Waals surface area contributed by atoms with Crippen molar-refractivity contribution in [3.63, 3.8) is 0 Å². The number of aromatic amines is 1. The van der Waals surface area contributed by atoms with Crippen LogP contribution in [0.1, 0.15) is 15.9 Å². The fraction of sp³-hybridized carbons (Fsp3) is 0.0833. The van der Waals surface area contributed by atoms with Crippen molar-refractivity contribution in [3.05, 3.63) is 47.7 Å². The van der Waals surface area contributed by atoms with Gasteiger partial charge in [0.15, 0.2) is 0 Å². The molecule has 3 nitrogen and oxygen atoms in total. The first-order valence-electron chi connectivity index (χ1n) is 4.81. The van der Waals surface area contributed by atoms with Gasteiger partial charge < -0.3 is 10.1 Å². The van der Waals surface area contributed by atoms with Crippen molar-refractivity contribution in [2.24, 2.45) is 0 Å². The summed E-state index contributed by atoms with van der Waals surface area (Å²) in [5.74, 6) is -0.910. The lowest BCUT2D eigenvalue weighted by Crippen LogP contribution is -1.91. The van der Waals surface area contributed by atoms with Gasteiger partial charge in [0, 0.05) is 11.1 Å². The third-order valence-electron chi connectivity index (χ3n) is 2.12. The molecular weight excluding hydrogens is 222 g/mol. The minimum atomic E-state index is -0.910. The van der Waals surface area contributed by atoms with Gasteiger partial charge in [0.05, 0.1) is 10.6 Å². The molecule has 2 rings (SSSR count). The van der Waals surface area contributed by atoms with Crippen LogP contribution in [0.4, 0.5) is 0 Å². The summed E-state index contributed by atoms with van der Waals surface area (Å²) in [4.78, 5) is 14.7. The van der Waals surface area contributed by atoms with E-state index in [4.69, 9.17) is 5.11 Å². The maximum Gasteiger partial charge on any atom is 0.337 e. The highest BCUT2D eigenvalue weighted by atomic mass is 32.2. The van der Waals surface area contributed by atoms with Crippen LogP contribution < -0.4 is 0 Å².